The van der Waals surface area contributed by atoms with Crippen LogP contribution in [-0.4, -0.2) is 60.5 Å². The predicted octanol–water partition coefficient (Wildman–Crippen LogP) is 13.8. The average Bonchev–Trinajstić information content (AvgIpc) is 3.24. The van der Waals surface area contributed by atoms with Gasteiger partial charge in [-0.3, -0.25) is 18.6 Å². The second kappa shape index (κ2) is 45.4. The van der Waals surface area contributed by atoms with Gasteiger partial charge in [0.15, 0.2) is 0 Å². The number of carbonyl (C=O) groups excluding carboxylic acids is 1. The van der Waals surface area contributed by atoms with Crippen LogP contribution in [0.1, 0.15) is 194 Å². The van der Waals surface area contributed by atoms with E-state index < -0.39 is 45.1 Å². The molecule has 11 heteroatoms. The molecule has 0 fully saturated rings. The van der Waals surface area contributed by atoms with Gasteiger partial charge < -0.3 is 25.2 Å². The highest BCUT2D eigenvalue weighted by atomic mass is 31.2. The molecule has 0 saturated heterocycles. The van der Waals surface area contributed by atoms with Crippen LogP contribution in [0.25, 0.3) is 0 Å². The van der Waals surface area contributed by atoms with Gasteiger partial charge in [-0.05, 0) is 83.5 Å². The number of phosphoric ester groups is 1. The standard InChI is InChI=1S/C50H88NO9P/c1-3-5-7-9-11-13-15-17-19-21-22-23-24-25-26-27-28-30-32-34-36-38-40-42-49(52)60-47(45-58-61(55,56)59-46-48(51)50(53)54)44-57-43-41-39-37-35-33-31-29-20-18-16-14-12-10-8-6-4-2/h6,8,12,14-15,17-18,20-22,24-25,47-48H,3-5,7,9-11,13,16,19,23,26-46,51H2,1-2H3,(H,53,54)(H,55,56)/b8-6-,14-12-,17-15-,20-18-,22-21-,25-24-. The van der Waals surface area contributed by atoms with E-state index >= 15 is 0 Å². The van der Waals surface area contributed by atoms with Gasteiger partial charge in [0, 0.05) is 13.0 Å². The first-order valence-corrected chi connectivity index (χ1v) is 25.5. The highest BCUT2D eigenvalue weighted by molar-refractivity contribution is 7.47. The molecule has 0 aromatic rings. The van der Waals surface area contributed by atoms with Crippen molar-refractivity contribution in [1.82, 2.24) is 0 Å². The number of hydrogen-bond donors (Lipinski definition) is 3. The molecule has 0 heterocycles. The summed E-state index contributed by atoms with van der Waals surface area (Å²) >= 11 is 0. The summed E-state index contributed by atoms with van der Waals surface area (Å²) in [6, 6.07) is -1.48. The van der Waals surface area contributed by atoms with E-state index in [4.69, 9.17) is 29.4 Å². The SMILES string of the molecule is CC/C=C\C/C=C\C/C=C\CCCCCCCCOCC(COP(=O)(O)OCC(N)C(=O)O)OC(=O)CCCCCCCCCC/C=C\C/C=C\C/C=C\CCCCCCC. The minimum Gasteiger partial charge on any atom is -0.480 e. The van der Waals surface area contributed by atoms with E-state index in [0.29, 0.717) is 13.0 Å². The van der Waals surface area contributed by atoms with Gasteiger partial charge in [0.2, 0.25) is 0 Å². The summed E-state index contributed by atoms with van der Waals surface area (Å²) in [5.41, 5.74) is 5.36. The molecule has 10 nitrogen and oxygen atoms in total. The van der Waals surface area contributed by atoms with Crippen molar-refractivity contribution in [2.24, 2.45) is 5.73 Å². The van der Waals surface area contributed by atoms with Crippen LogP contribution in [0.4, 0.5) is 0 Å². The summed E-state index contributed by atoms with van der Waals surface area (Å²) < 4.78 is 33.4. The van der Waals surface area contributed by atoms with Crippen molar-refractivity contribution in [2.75, 3.05) is 26.4 Å². The number of esters is 1. The molecule has 3 atom stereocenters. The Morgan fingerprint density at radius 2 is 0.951 bits per heavy atom. The number of ether oxygens (including phenoxy) is 2. The molecule has 0 aromatic heterocycles. The molecular weight excluding hydrogens is 790 g/mol. The van der Waals surface area contributed by atoms with E-state index in [1.165, 1.54) is 77.0 Å². The van der Waals surface area contributed by atoms with E-state index in [-0.39, 0.29) is 13.0 Å². The number of rotatable bonds is 45. The fraction of sp³-hybridized carbons (Fsp3) is 0.720. The van der Waals surface area contributed by atoms with Crippen LogP contribution < -0.4 is 5.73 Å². The highest BCUT2D eigenvalue weighted by Gasteiger charge is 2.27. The lowest BCUT2D eigenvalue weighted by atomic mass is 10.1. The van der Waals surface area contributed by atoms with Gasteiger partial charge >= 0.3 is 19.8 Å². The van der Waals surface area contributed by atoms with Gasteiger partial charge in [-0.15, -0.1) is 0 Å². The summed E-state index contributed by atoms with van der Waals surface area (Å²) in [6.45, 7) is 3.72. The van der Waals surface area contributed by atoms with E-state index in [1.54, 1.807) is 0 Å². The predicted molar refractivity (Wildman–Crippen MR) is 254 cm³/mol. The summed E-state index contributed by atoms with van der Waals surface area (Å²) in [4.78, 5) is 33.6. The summed E-state index contributed by atoms with van der Waals surface area (Å²) in [5, 5.41) is 8.91. The molecule has 4 N–H and O–H groups in total. The van der Waals surface area contributed by atoms with Crippen molar-refractivity contribution < 1.29 is 42.7 Å². The fourth-order valence-electron chi connectivity index (χ4n) is 6.27. The number of carboxylic acid groups (broad SMARTS) is 1. The fourth-order valence-corrected chi connectivity index (χ4v) is 7.05. The van der Waals surface area contributed by atoms with Gasteiger partial charge in [-0.1, -0.05) is 177 Å². The number of carbonyl (C=O) groups is 2. The zero-order valence-electron chi connectivity index (χ0n) is 38.5. The molecule has 0 aromatic carbocycles. The Kier molecular flexibility index (Phi) is 43.5. The Morgan fingerprint density at radius 1 is 0.541 bits per heavy atom. The molecule has 0 aliphatic heterocycles. The molecule has 0 bridgehead atoms. The third-order valence-electron chi connectivity index (χ3n) is 9.97. The number of carboxylic acids is 1. The lowest BCUT2D eigenvalue weighted by Crippen LogP contribution is -2.34. The third kappa shape index (κ3) is 45.3. The Labute approximate surface area is 372 Å². The molecule has 0 saturated carbocycles. The highest BCUT2D eigenvalue weighted by Crippen LogP contribution is 2.43. The van der Waals surface area contributed by atoms with E-state index in [9.17, 15) is 19.0 Å². The van der Waals surface area contributed by atoms with Crippen molar-refractivity contribution in [3.8, 4) is 0 Å². The summed E-state index contributed by atoms with van der Waals surface area (Å²) in [6.07, 6.45) is 56.7. The number of unbranched alkanes of at least 4 members (excludes halogenated alkanes) is 19. The van der Waals surface area contributed by atoms with E-state index in [2.05, 4.69) is 86.8 Å². The van der Waals surface area contributed by atoms with Crippen LogP contribution in [0.3, 0.4) is 0 Å². The van der Waals surface area contributed by atoms with Crippen LogP contribution in [0.15, 0.2) is 72.9 Å². The van der Waals surface area contributed by atoms with E-state index in [0.717, 1.165) is 89.9 Å². The van der Waals surface area contributed by atoms with Crippen molar-refractivity contribution in [2.45, 2.75) is 206 Å². The molecule has 0 amide bonds. The molecular formula is C50H88NO9P. The lowest BCUT2D eigenvalue weighted by Gasteiger charge is -2.20. The van der Waals surface area contributed by atoms with Crippen molar-refractivity contribution >= 4 is 19.8 Å². The minimum absolute atomic E-state index is 0.00139. The first kappa shape index (κ1) is 58.4. The van der Waals surface area contributed by atoms with Crippen LogP contribution >= 0.6 is 7.82 Å². The van der Waals surface area contributed by atoms with Gasteiger partial charge in [-0.25, -0.2) is 4.57 Å². The Morgan fingerprint density at radius 3 is 1.43 bits per heavy atom. The molecule has 352 valence electrons. The topological polar surface area (TPSA) is 155 Å². The normalized spacial score (nSPS) is 14.4. The van der Waals surface area contributed by atoms with Crippen LogP contribution in [0.5, 0.6) is 0 Å². The lowest BCUT2D eigenvalue weighted by molar-refractivity contribution is -0.154. The number of allylic oxidation sites excluding steroid dienone is 12. The maximum Gasteiger partial charge on any atom is 0.472 e. The first-order valence-electron chi connectivity index (χ1n) is 24.0. The minimum atomic E-state index is -4.63. The molecule has 3 unspecified atom stereocenters. The molecule has 0 spiro atoms. The molecule has 0 radical (unpaired) electrons. The van der Waals surface area contributed by atoms with Gasteiger partial charge in [-0.2, -0.15) is 0 Å². The Balaban J connectivity index is 4.21. The first-order chi connectivity index (χ1) is 29.7. The largest absolute Gasteiger partial charge is 0.480 e. The van der Waals surface area contributed by atoms with Crippen LogP contribution in [-0.2, 0) is 32.7 Å². The monoisotopic (exact) mass is 878 g/mol. The van der Waals surface area contributed by atoms with Gasteiger partial charge in [0.05, 0.1) is 19.8 Å². The second-order valence-corrected chi connectivity index (χ2v) is 17.3. The number of hydrogen-bond acceptors (Lipinski definition) is 8. The maximum absolute atomic E-state index is 12.7. The quantitative estimate of drug-likeness (QED) is 0.0233. The van der Waals surface area contributed by atoms with Crippen molar-refractivity contribution in [3.05, 3.63) is 72.9 Å². The van der Waals surface area contributed by atoms with Gasteiger partial charge in [0.25, 0.3) is 0 Å². The number of nitrogens with two attached hydrogens (primary N) is 1. The molecule has 0 aliphatic rings. The zero-order valence-corrected chi connectivity index (χ0v) is 39.4. The second-order valence-electron chi connectivity index (χ2n) is 15.9. The Hall–Kier alpha value is -2.59. The van der Waals surface area contributed by atoms with Crippen LogP contribution in [0, 0.1) is 0 Å². The van der Waals surface area contributed by atoms with Crippen molar-refractivity contribution in [3.63, 3.8) is 0 Å². The van der Waals surface area contributed by atoms with Crippen LogP contribution in [0.2, 0.25) is 0 Å². The molecule has 0 rings (SSSR count). The maximum atomic E-state index is 12.7. The average molecular weight is 878 g/mol. The summed E-state index contributed by atoms with van der Waals surface area (Å²) in [7, 11) is -4.63. The molecule has 61 heavy (non-hydrogen) atoms. The molecule has 0 aliphatic carbocycles. The number of aliphatic carboxylic acids is 1. The Bertz CT molecular complexity index is 1250. The number of phosphoric acid groups is 1. The van der Waals surface area contributed by atoms with Gasteiger partial charge in [0.1, 0.15) is 12.1 Å². The summed E-state index contributed by atoms with van der Waals surface area (Å²) in [5.74, 6) is -1.79. The smallest absolute Gasteiger partial charge is 0.472 e. The van der Waals surface area contributed by atoms with E-state index in [1.807, 2.05) is 0 Å². The third-order valence-corrected chi connectivity index (χ3v) is 10.9. The zero-order chi connectivity index (χ0) is 44.8. The van der Waals surface area contributed by atoms with Crippen molar-refractivity contribution in [1.29, 1.82) is 0 Å².